The van der Waals surface area contributed by atoms with Gasteiger partial charge in [-0.3, -0.25) is 4.79 Å². The number of rotatable bonds is 0. The first-order chi connectivity index (χ1) is 9.74. The molecule has 0 amide bonds. The number of fused-ring (bicyclic) bond motifs is 1. The Morgan fingerprint density at radius 3 is 2.85 bits per heavy atom. The zero-order valence-electron chi connectivity index (χ0n) is 12.4. The second-order valence-corrected chi connectivity index (χ2v) is 8.34. The Bertz CT molecular complexity index is 458. The van der Waals surface area contributed by atoms with E-state index < -0.39 is 0 Å². The van der Waals surface area contributed by atoms with Crippen molar-refractivity contribution in [1.29, 1.82) is 0 Å². The van der Waals surface area contributed by atoms with Gasteiger partial charge in [0.1, 0.15) is 5.78 Å². The summed E-state index contributed by atoms with van der Waals surface area (Å²) in [4.78, 5) is 12.6. The van der Waals surface area contributed by atoms with E-state index in [2.05, 4.69) is 0 Å². The SMILES string of the molecule is O=C1CCC2C[C@@H]3CCC[C@]34CC3CCCC[C@]3(O4)C12. The molecule has 2 aliphatic heterocycles. The number of Topliss-reactive ketones (excluding diaryl/α,β-unsaturated/α-hetero) is 1. The van der Waals surface area contributed by atoms with Crippen LogP contribution < -0.4 is 0 Å². The van der Waals surface area contributed by atoms with Crippen LogP contribution in [0.25, 0.3) is 0 Å². The highest BCUT2D eigenvalue weighted by Gasteiger charge is 2.68. The molecule has 110 valence electrons. The predicted octanol–water partition coefficient (Wildman–Crippen LogP) is 3.87. The minimum Gasteiger partial charge on any atom is -0.367 e. The number of carbonyl (C=O) groups is 1. The molecule has 2 spiro atoms. The third-order valence-corrected chi connectivity index (χ3v) is 7.64. The lowest BCUT2D eigenvalue weighted by molar-refractivity contribution is -0.163. The van der Waals surface area contributed by atoms with Crippen molar-refractivity contribution in [2.45, 2.75) is 81.8 Å². The summed E-state index contributed by atoms with van der Waals surface area (Å²) in [7, 11) is 0. The Hall–Kier alpha value is -0.370. The van der Waals surface area contributed by atoms with Crippen molar-refractivity contribution in [3.05, 3.63) is 0 Å². The number of ether oxygens (including phenoxy) is 1. The molecule has 5 fully saturated rings. The molecule has 3 unspecified atom stereocenters. The first kappa shape index (κ1) is 12.2. The fourth-order valence-corrected chi connectivity index (χ4v) is 7.01. The first-order valence-corrected chi connectivity index (χ1v) is 8.96. The van der Waals surface area contributed by atoms with Gasteiger partial charge in [-0.15, -0.1) is 0 Å². The van der Waals surface area contributed by atoms with Gasteiger partial charge in [0.15, 0.2) is 0 Å². The van der Waals surface area contributed by atoms with Crippen LogP contribution in [-0.4, -0.2) is 17.0 Å². The Morgan fingerprint density at radius 1 is 1.00 bits per heavy atom. The fraction of sp³-hybridized carbons (Fsp3) is 0.944. The van der Waals surface area contributed by atoms with Gasteiger partial charge in [-0.25, -0.2) is 0 Å². The minimum absolute atomic E-state index is 0.0183. The van der Waals surface area contributed by atoms with Gasteiger partial charge in [-0.05, 0) is 62.7 Å². The van der Waals surface area contributed by atoms with Gasteiger partial charge in [0.2, 0.25) is 0 Å². The van der Waals surface area contributed by atoms with Crippen molar-refractivity contribution < 1.29 is 9.53 Å². The van der Waals surface area contributed by atoms with Crippen molar-refractivity contribution in [3.63, 3.8) is 0 Å². The fourth-order valence-electron chi connectivity index (χ4n) is 7.01. The second kappa shape index (κ2) is 3.88. The van der Waals surface area contributed by atoms with Gasteiger partial charge in [-0.1, -0.05) is 19.3 Å². The minimum atomic E-state index is -0.0183. The van der Waals surface area contributed by atoms with E-state index in [9.17, 15) is 4.79 Å². The van der Waals surface area contributed by atoms with Gasteiger partial charge in [-0.2, -0.15) is 0 Å². The Labute approximate surface area is 121 Å². The topological polar surface area (TPSA) is 26.3 Å². The molecule has 0 aromatic carbocycles. The zero-order chi connectivity index (χ0) is 13.4. The third kappa shape index (κ3) is 1.33. The van der Waals surface area contributed by atoms with E-state index in [0.717, 1.165) is 18.8 Å². The summed E-state index contributed by atoms with van der Waals surface area (Å²) >= 11 is 0. The maximum atomic E-state index is 12.6. The van der Waals surface area contributed by atoms with Crippen LogP contribution in [0, 0.1) is 23.7 Å². The van der Waals surface area contributed by atoms with Crippen LogP contribution in [-0.2, 0) is 9.53 Å². The number of hydrogen-bond acceptors (Lipinski definition) is 2. The molecule has 0 N–H and O–H groups in total. The van der Waals surface area contributed by atoms with Crippen molar-refractivity contribution in [1.82, 2.24) is 0 Å². The maximum Gasteiger partial charge on any atom is 0.139 e. The van der Waals surface area contributed by atoms with Crippen molar-refractivity contribution >= 4 is 5.78 Å². The summed E-state index contributed by atoms with van der Waals surface area (Å²) in [6.07, 6.45) is 13.7. The summed E-state index contributed by atoms with van der Waals surface area (Å²) in [5.74, 6) is 2.96. The normalized spacial score (nSPS) is 57.1. The van der Waals surface area contributed by atoms with Crippen LogP contribution in [0.3, 0.4) is 0 Å². The molecule has 2 bridgehead atoms. The predicted molar refractivity (Wildman–Crippen MR) is 76.3 cm³/mol. The zero-order valence-corrected chi connectivity index (χ0v) is 12.4. The van der Waals surface area contributed by atoms with E-state index in [4.69, 9.17) is 4.74 Å². The highest BCUT2D eigenvalue weighted by Crippen LogP contribution is 2.66. The molecule has 0 radical (unpaired) electrons. The lowest BCUT2D eigenvalue weighted by atomic mass is 9.61. The molecule has 0 aromatic rings. The average molecular weight is 274 g/mol. The average Bonchev–Trinajstić information content (AvgIpc) is 3.06. The van der Waals surface area contributed by atoms with E-state index in [0.29, 0.717) is 17.6 Å². The van der Waals surface area contributed by atoms with Crippen LogP contribution in [0.5, 0.6) is 0 Å². The highest BCUT2D eigenvalue weighted by molar-refractivity contribution is 5.85. The molecular formula is C18H26O2. The summed E-state index contributed by atoms with van der Waals surface area (Å²) in [5, 5.41) is 0. The standard InChI is InChI=1S/C18H26O2/c19-15-7-6-12-10-13-5-3-8-17(13)11-14-4-1-2-9-18(14,20-17)16(12)15/h12-14,16H,1-11H2/t12?,13-,14?,16?,17-,18+/m0/s1. The highest BCUT2D eigenvalue weighted by atomic mass is 16.5. The molecule has 2 heterocycles. The molecule has 2 heteroatoms. The van der Waals surface area contributed by atoms with Crippen molar-refractivity contribution in [2.75, 3.05) is 0 Å². The summed E-state index contributed by atoms with van der Waals surface area (Å²) in [5.41, 5.74) is 0.176. The first-order valence-electron chi connectivity index (χ1n) is 8.96. The largest absolute Gasteiger partial charge is 0.367 e. The maximum absolute atomic E-state index is 12.6. The summed E-state index contributed by atoms with van der Waals surface area (Å²) < 4.78 is 6.99. The molecule has 2 saturated heterocycles. The van der Waals surface area contributed by atoms with Gasteiger partial charge >= 0.3 is 0 Å². The number of carbonyl (C=O) groups excluding carboxylic acids is 1. The second-order valence-electron chi connectivity index (χ2n) is 8.34. The Balaban J connectivity index is 1.65. The quantitative estimate of drug-likeness (QED) is 0.670. The van der Waals surface area contributed by atoms with Gasteiger partial charge in [0.25, 0.3) is 0 Å². The van der Waals surface area contributed by atoms with Crippen LogP contribution in [0.1, 0.15) is 70.6 Å². The van der Waals surface area contributed by atoms with Crippen LogP contribution in [0.4, 0.5) is 0 Å². The molecule has 3 saturated carbocycles. The third-order valence-electron chi connectivity index (χ3n) is 7.64. The monoisotopic (exact) mass is 274 g/mol. The number of ketones is 1. The van der Waals surface area contributed by atoms with E-state index in [1.54, 1.807) is 0 Å². The molecule has 2 nitrogen and oxygen atoms in total. The van der Waals surface area contributed by atoms with E-state index >= 15 is 0 Å². The van der Waals surface area contributed by atoms with Gasteiger partial charge in [0, 0.05) is 12.3 Å². The number of hydrogen-bond donors (Lipinski definition) is 0. The van der Waals surface area contributed by atoms with E-state index in [-0.39, 0.29) is 17.1 Å². The van der Waals surface area contributed by atoms with Crippen molar-refractivity contribution in [2.24, 2.45) is 23.7 Å². The smallest absolute Gasteiger partial charge is 0.139 e. The van der Waals surface area contributed by atoms with Crippen LogP contribution in [0.15, 0.2) is 0 Å². The molecule has 6 atom stereocenters. The molecule has 3 aliphatic carbocycles. The van der Waals surface area contributed by atoms with Gasteiger partial charge < -0.3 is 4.74 Å². The Morgan fingerprint density at radius 2 is 1.90 bits per heavy atom. The lowest BCUT2D eigenvalue weighted by Gasteiger charge is -2.44. The molecular weight excluding hydrogens is 248 g/mol. The molecule has 5 rings (SSSR count). The lowest BCUT2D eigenvalue weighted by Crippen LogP contribution is -2.49. The Kier molecular flexibility index (Phi) is 2.37. The van der Waals surface area contributed by atoms with E-state index in [1.165, 1.54) is 57.8 Å². The molecule has 20 heavy (non-hydrogen) atoms. The molecule has 5 aliphatic rings. The van der Waals surface area contributed by atoms with E-state index in [1.807, 2.05) is 0 Å². The van der Waals surface area contributed by atoms with Crippen LogP contribution >= 0.6 is 0 Å². The summed E-state index contributed by atoms with van der Waals surface area (Å²) in [6, 6.07) is 0. The molecule has 0 aromatic heterocycles. The van der Waals surface area contributed by atoms with Crippen molar-refractivity contribution in [3.8, 4) is 0 Å². The van der Waals surface area contributed by atoms with Gasteiger partial charge in [0.05, 0.1) is 11.2 Å². The van der Waals surface area contributed by atoms with Crippen LogP contribution in [0.2, 0.25) is 0 Å². The summed E-state index contributed by atoms with van der Waals surface area (Å²) in [6.45, 7) is 0.